The summed E-state index contributed by atoms with van der Waals surface area (Å²) in [6, 6.07) is 0.907. The van der Waals surface area contributed by atoms with Gasteiger partial charge in [0.25, 0.3) is 0 Å². The van der Waals surface area contributed by atoms with Crippen LogP contribution in [0.15, 0.2) is 0 Å². The van der Waals surface area contributed by atoms with E-state index in [0.717, 1.165) is 19.3 Å². The van der Waals surface area contributed by atoms with Crippen molar-refractivity contribution in [3.8, 4) is 0 Å². The molecule has 3 N–H and O–H groups in total. The Bertz CT molecular complexity index is 235. The maximum atomic E-state index is 9.68. The van der Waals surface area contributed by atoms with Crippen LogP contribution in [0.2, 0.25) is 0 Å². The fourth-order valence-corrected chi connectivity index (χ4v) is 3.33. The van der Waals surface area contributed by atoms with Crippen molar-refractivity contribution in [3.05, 3.63) is 0 Å². The fourth-order valence-electron chi connectivity index (χ4n) is 3.33. The third-order valence-electron chi connectivity index (χ3n) is 4.85. The molecule has 1 rings (SSSR count). The molecule has 1 heterocycles. The highest BCUT2D eigenvalue weighted by molar-refractivity contribution is 4.83. The van der Waals surface area contributed by atoms with Gasteiger partial charge < -0.3 is 15.5 Å². The summed E-state index contributed by atoms with van der Waals surface area (Å²) in [5.41, 5.74) is 0. The van der Waals surface area contributed by atoms with Crippen LogP contribution in [0.25, 0.3) is 0 Å². The van der Waals surface area contributed by atoms with Gasteiger partial charge in [0.15, 0.2) is 0 Å². The molecule has 1 saturated heterocycles. The normalized spacial score (nSPS) is 26.1. The monoisotopic (exact) mass is 299 g/mol. The number of hydrogen-bond donors (Lipinski definition) is 3. The molecule has 0 aromatic heterocycles. The van der Waals surface area contributed by atoms with E-state index < -0.39 is 0 Å². The Hall–Kier alpha value is -0.120. The Morgan fingerprint density at radius 2 is 1.33 bits per heavy atom. The Balaban J connectivity index is 1.80. The van der Waals surface area contributed by atoms with Crippen molar-refractivity contribution in [2.45, 2.75) is 109 Å². The average Bonchev–Trinajstić information content (AvgIpc) is 2.48. The molecule has 3 nitrogen and oxygen atoms in total. The van der Waals surface area contributed by atoms with E-state index in [1.54, 1.807) is 0 Å². The molecule has 3 atom stereocenters. The van der Waals surface area contributed by atoms with E-state index in [-0.39, 0.29) is 12.1 Å². The predicted molar refractivity (Wildman–Crippen MR) is 89.5 cm³/mol. The summed E-state index contributed by atoms with van der Waals surface area (Å²) in [6.45, 7) is 2.45. The van der Waals surface area contributed by atoms with Crippen molar-refractivity contribution in [3.63, 3.8) is 0 Å². The first-order valence-electron chi connectivity index (χ1n) is 9.29. The van der Waals surface area contributed by atoms with Crippen molar-refractivity contribution in [1.29, 1.82) is 0 Å². The number of nitrogens with one attached hydrogen (secondary N) is 1. The molecule has 21 heavy (non-hydrogen) atoms. The molecular weight excluding hydrogens is 262 g/mol. The standard InChI is InChI=1S/C18H37NO2/c1-16-18(21)14-13-17(19-16)12-10-8-6-4-2-3-5-7-9-11-15-20/h16-21H,2-15H2,1H3/t16-,17-,18-/m1/s1. The second kappa shape index (κ2) is 12.4. The fraction of sp³-hybridized carbons (Fsp3) is 1.00. The Labute approximate surface area is 131 Å². The van der Waals surface area contributed by atoms with Crippen LogP contribution in [-0.2, 0) is 0 Å². The highest BCUT2D eigenvalue weighted by atomic mass is 16.3. The van der Waals surface area contributed by atoms with Crippen molar-refractivity contribution in [2.75, 3.05) is 6.61 Å². The zero-order valence-corrected chi connectivity index (χ0v) is 14.0. The van der Waals surface area contributed by atoms with Gasteiger partial charge in [-0.1, -0.05) is 57.8 Å². The molecule has 1 aliphatic heterocycles. The molecule has 0 radical (unpaired) electrons. The maximum Gasteiger partial charge on any atom is 0.0691 e. The molecule has 0 amide bonds. The van der Waals surface area contributed by atoms with Crippen molar-refractivity contribution in [1.82, 2.24) is 5.32 Å². The van der Waals surface area contributed by atoms with Gasteiger partial charge >= 0.3 is 0 Å². The van der Waals surface area contributed by atoms with Crippen LogP contribution in [0.1, 0.15) is 90.4 Å². The van der Waals surface area contributed by atoms with Crippen LogP contribution in [0.4, 0.5) is 0 Å². The lowest BCUT2D eigenvalue weighted by Gasteiger charge is -2.32. The number of aliphatic hydroxyl groups is 2. The summed E-state index contributed by atoms with van der Waals surface area (Å²) in [4.78, 5) is 0. The first-order valence-corrected chi connectivity index (χ1v) is 9.29. The Morgan fingerprint density at radius 1 is 0.810 bits per heavy atom. The number of hydrogen-bond acceptors (Lipinski definition) is 3. The largest absolute Gasteiger partial charge is 0.396 e. The quantitative estimate of drug-likeness (QED) is 0.481. The van der Waals surface area contributed by atoms with Crippen LogP contribution >= 0.6 is 0 Å². The molecule has 0 unspecified atom stereocenters. The molecule has 1 fully saturated rings. The predicted octanol–water partition coefficient (Wildman–Crippen LogP) is 3.77. The van der Waals surface area contributed by atoms with Gasteiger partial charge in [-0.2, -0.15) is 0 Å². The summed E-state index contributed by atoms with van der Waals surface area (Å²) < 4.78 is 0. The average molecular weight is 299 g/mol. The highest BCUT2D eigenvalue weighted by Gasteiger charge is 2.24. The van der Waals surface area contributed by atoms with Crippen LogP contribution in [0.3, 0.4) is 0 Å². The van der Waals surface area contributed by atoms with E-state index in [0.29, 0.717) is 12.6 Å². The SMILES string of the molecule is C[C@H]1N[C@H](CCCCCCCCCCCCO)CC[C@H]1O. The molecule has 0 bridgehead atoms. The first-order chi connectivity index (χ1) is 10.2. The Kier molecular flexibility index (Phi) is 11.2. The summed E-state index contributed by atoms with van der Waals surface area (Å²) in [5, 5.41) is 21.9. The minimum absolute atomic E-state index is 0.140. The number of unbranched alkanes of at least 4 members (excludes halogenated alkanes) is 9. The third-order valence-corrected chi connectivity index (χ3v) is 4.85. The van der Waals surface area contributed by atoms with Gasteiger partial charge in [0, 0.05) is 18.7 Å². The van der Waals surface area contributed by atoms with E-state index in [1.165, 1.54) is 64.2 Å². The minimum Gasteiger partial charge on any atom is -0.396 e. The summed E-state index contributed by atoms with van der Waals surface area (Å²) in [5.74, 6) is 0. The summed E-state index contributed by atoms with van der Waals surface area (Å²) in [6.07, 6.45) is 16.2. The molecular formula is C18H37NO2. The van der Waals surface area contributed by atoms with Gasteiger partial charge in [0.05, 0.1) is 6.10 Å². The zero-order chi connectivity index (χ0) is 15.3. The van der Waals surface area contributed by atoms with Crippen LogP contribution in [0, 0.1) is 0 Å². The van der Waals surface area contributed by atoms with E-state index in [2.05, 4.69) is 12.2 Å². The van der Waals surface area contributed by atoms with Crippen LogP contribution in [-0.4, -0.2) is 35.0 Å². The van der Waals surface area contributed by atoms with Gasteiger partial charge in [-0.15, -0.1) is 0 Å². The lowest BCUT2D eigenvalue weighted by molar-refractivity contribution is 0.0849. The first kappa shape index (κ1) is 18.9. The molecule has 126 valence electrons. The lowest BCUT2D eigenvalue weighted by atomic mass is 9.93. The molecule has 3 heteroatoms. The van der Waals surface area contributed by atoms with E-state index in [1.807, 2.05) is 0 Å². The molecule has 1 aliphatic rings. The van der Waals surface area contributed by atoms with Crippen molar-refractivity contribution in [2.24, 2.45) is 0 Å². The number of piperidine rings is 1. The number of rotatable bonds is 12. The second-order valence-electron chi connectivity index (χ2n) is 6.84. The van der Waals surface area contributed by atoms with Crippen LogP contribution in [0.5, 0.6) is 0 Å². The number of aliphatic hydroxyl groups excluding tert-OH is 2. The molecule has 0 aromatic carbocycles. The van der Waals surface area contributed by atoms with Gasteiger partial charge in [-0.05, 0) is 32.6 Å². The summed E-state index contributed by atoms with van der Waals surface area (Å²) >= 11 is 0. The maximum absolute atomic E-state index is 9.68. The topological polar surface area (TPSA) is 52.5 Å². The van der Waals surface area contributed by atoms with Gasteiger partial charge in [0.2, 0.25) is 0 Å². The van der Waals surface area contributed by atoms with Gasteiger partial charge in [-0.3, -0.25) is 0 Å². The highest BCUT2D eigenvalue weighted by Crippen LogP contribution is 2.18. The smallest absolute Gasteiger partial charge is 0.0691 e. The van der Waals surface area contributed by atoms with E-state index >= 15 is 0 Å². The van der Waals surface area contributed by atoms with E-state index in [9.17, 15) is 5.11 Å². The van der Waals surface area contributed by atoms with Crippen molar-refractivity contribution >= 4 is 0 Å². The summed E-state index contributed by atoms with van der Waals surface area (Å²) in [7, 11) is 0. The third kappa shape index (κ3) is 9.49. The van der Waals surface area contributed by atoms with Gasteiger partial charge in [-0.25, -0.2) is 0 Å². The molecule has 0 aromatic rings. The molecule has 0 saturated carbocycles. The molecule has 0 spiro atoms. The Morgan fingerprint density at radius 3 is 1.86 bits per heavy atom. The second-order valence-corrected chi connectivity index (χ2v) is 6.84. The zero-order valence-electron chi connectivity index (χ0n) is 14.0. The van der Waals surface area contributed by atoms with E-state index in [4.69, 9.17) is 5.11 Å². The van der Waals surface area contributed by atoms with Crippen molar-refractivity contribution < 1.29 is 10.2 Å². The lowest BCUT2D eigenvalue weighted by Crippen LogP contribution is -2.48. The minimum atomic E-state index is -0.140. The van der Waals surface area contributed by atoms with Gasteiger partial charge in [0.1, 0.15) is 0 Å². The van der Waals surface area contributed by atoms with Crippen LogP contribution < -0.4 is 5.32 Å². The molecule has 0 aliphatic carbocycles.